The predicted molar refractivity (Wildman–Crippen MR) is 72.1 cm³/mol. The average molecular weight is 240 g/mol. The first kappa shape index (κ1) is 12.4. The molecular formula is C16H16O2. The Labute approximate surface area is 107 Å². The van der Waals surface area contributed by atoms with Gasteiger partial charge in [0.1, 0.15) is 6.10 Å². The molecule has 0 bridgehead atoms. The Balaban J connectivity index is 2.18. The van der Waals surface area contributed by atoms with Gasteiger partial charge in [0.25, 0.3) is 0 Å². The molecule has 0 unspecified atom stereocenters. The van der Waals surface area contributed by atoms with Crippen LogP contribution in [-0.4, -0.2) is 5.97 Å². The topological polar surface area (TPSA) is 26.3 Å². The number of hydrogen-bond acceptors (Lipinski definition) is 2. The summed E-state index contributed by atoms with van der Waals surface area (Å²) in [6.45, 7) is 3.30. The summed E-state index contributed by atoms with van der Waals surface area (Å²) < 4.78 is 5.14. The first-order chi connectivity index (χ1) is 8.66. The molecule has 0 saturated carbocycles. The summed E-state index contributed by atoms with van der Waals surface area (Å²) in [5.74, 6) is -0.255. The van der Waals surface area contributed by atoms with Gasteiger partial charge in [0.2, 0.25) is 0 Å². The fraction of sp³-hybridized carbons (Fsp3) is 0.188. The van der Waals surface area contributed by atoms with Crippen molar-refractivity contribution in [3.63, 3.8) is 0 Å². The molecule has 0 aliphatic heterocycles. The minimum Gasteiger partial charge on any atom is -0.458 e. The second kappa shape index (κ2) is 5.50. The lowest BCUT2D eigenvalue weighted by atomic mass is 10.0. The highest BCUT2D eigenvalue weighted by atomic mass is 16.5. The van der Waals surface area contributed by atoms with Gasteiger partial charge in [-0.1, -0.05) is 54.6 Å². The maximum atomic E-state index is 10.9. The van der Waals surface area contributed by atoms with E-state index in [1.165, 1.54) is 12.5 Å². The molecule has 2 heteroatoms. The van der Waals surface area contributed by atoms with Gasteiger partial charge in [-0.2, -0.15) is 0 Å². The van der Waals surface area contributed by atoms with E-state index < -0.39 is 0 Å². The highest BCUT2D eigenvalue weighted by Gasteiger charge is 2.08. The average Bonchev–Trinajstić information content (AvgIpc) is 2.39. The SMILES string of the molecule is CC(=O)O[C@H](C)c1ccc(-c2ccccc2)cc1. The van der Waals surface area contributed by atoms with E-state index in [0.29, 0.717) is 0 Å². The van der Waals surface area contributed by atoms with Crippen LogP contribution in [0.2, 0.25) is 0 Å². The van der Waals surface area contributed by atoms with E-state index in [9.17, 15) is 4.79 Å². The van der Waals surface area contributed by atoms with E-state index in [4.69, 9.17) is 4.74 Å². The van der Waals surface area contributed by atoms with Crippen LogP contribution in [-0.2, 0) is 9.53 Å². The van der Waals surface area contributed by atoms with Crippen LogP contribution < -0.4 is 0 Å². The molecule has 92 valence electrons. The molecule has 2 aromatic carbocycles. The highest BCUT2D eigenvalue weighted by Crippen LogP contribution is 2.23. The molecule has 2 nitrogen and oxygen atoms in total. The molecule has 0 saturated heterocycles. The van der Waals surface area contributed by atoms with E-state index in [-0.39, 0.29) is 12.1 Å². The summed E-state index contributed by atoms with van der Waals surface area (Å²) in [7, 11) is 0. The lowest BCUT2D eigenvalue weighted by Gasteiger charge is -2.12. The molecule has 0 fully saturated rings. The third-order valence-corrected chi connectivity index (χ3v) is 2.83. The zero-order valence-electron chi connectivity index (χ0n) is 10.6. The molecule has 1 atom stereocenters. The molecule has 0 heterocycles. The third kappa shape index (κ3) is 2.98. The van der Waals surface area contributed by atoms with Crippen molar-refractivity contribution in [3.05, 3.63) is 60.2 Å². The normalized spacial score (nSPS) is 11.9. The maximum absolute atomic E-state index is 10.9. The minimum atomic E-state index is -0.255. The summed E-state index contributed by atoms with van der Waals surface area (Å²) >= 11 is 0. The zero-order valence-corrected chi connectivity index (χ0v) is 10.6. The summed E-state index contributed by atoms with van der Waals surface area (Å²) in [5.41, 5.74) is 3.35. The van der Waals surface area contributed by atoms with Crippen LogP contribution in [0.3, 0.4) is 0 Å². The molecule has 2 rings (SSSR count). The van der Waals surface area contributed by atoms with Gasteiger partial charge in [-0.15, -0.1) is 0 Å². The molecule has 0 spiro atoms. The maximum Gasteiger partial charge on any atom is 0.303 e. The Morgan fingerprint density at radius 1 is 0.944 bits per heavy atom. The lowest BCUT2D eigenvalue weighted by molar-refractivity contribution is -0.145. The molecule has 0 radical (unpaired) electrons. The largest absolute Gasteiger partial charge is 0.458 e. The smallest absolute Gasteiger partial charge is 0.303 e. The van der Waals surface area contributed by atoms with Crippen molar-refractivity contribution in [2.75, 3.05) is 0 Å². The van der Waals surface area contributed by atoms with Gasteiger partial charge < -0.3 is 4.74 Å². The summed E-state index contributed by atoms with van der Waals surface area (Å²) in [6.07, 6.45) is -0.202. The number of ether oxygens (including phenoxy) is 1. The number of hydrogen-bond donors (Lipinski definition) is 0. The van der Waals surface area contributed by atoms with Crippen molar-refractivity contribution in [2.45, 2.75) is 20.0 Å². The molecule has 0 amide bonds. The van der Waals surface area contributed by atoms with Gasteiger partial charge in [-0.3, -0.25) is 4.79 Å². The first-order valence-corrected chi connectivity index (χ1v) is 5.99. The highest BCUT2D eigenvalue weighted by molar-refractivity contribution is 5.66. The van der Waals surface area contributed by atoms with Crippen LogP contribution in [0.5, 0.6) is 0 Å². The van der Waals surface area contributed by atoms with Crippen LogP contribution >= 0.6 is 0 Å². The molecule has 0 aliphatic rings. The number of esters is 1. The van der Waals surface area contributed by atoms with Crippen molar-refractivity contribution in [1.29, 1.82) is 0 Å². The summed E-state index contributed by atoms with van der Waals surface area (Å²) in [6, 6.07) is 18.3. The summed E-state index contributed by atoms with van der Waals surface area (Å²) in [4.78, 5) is 10.9. The lowest BCUT2D eigenvalue weighted by Crippen LogP contribution is -2.04. The van der Waals surface area contributed by atoms with Crippen molar-refractivity contribution < 1.29 is 9.53 Å². The molecule has 0 aliphatic carbocycles. The van der Waals surface area contributed by atoms with Crippen LogP contribution in [0.15, 0.2) is 54.6 Å². The number of benzene rings is 2. The fourth-order valence-electron chi connectivity index (χ4n) is 1.89. The Kier molecular flexibility index (Phi) is 3.78. The predicted octanol–water partition coefficient (Wildman–Crippen LogP) is 3.98. The Morgan fingerprint density at radius 2 is 1.50 bits per heavy atom. The second-order valence-electron chi connectivity index (χ2n) is 4.24. The van der Waals surface area contributed by atoms with Crippen molar-refractivity contribution in [2.24, 2.45) is 0 Å². The van der Waals surface area contributed by atoms with Gasteiger partial charge in [-0.25, -0.2) is 0 Å². The van der Waals surface area contributed by atoms with Gasteiger partial charge in [0.15, 0.2) is 0 Å². The van der Waals surface area contributed by atoms with Crippen LogP contribution in [0.1, 0.15) is 25.5 Å². The molecular weight excluding hydrogens is 224 g/mol. The van der Waals surface area contributed by atoms with Crippen molar-refractivity contribution in [3.8, 4) is 11.1 Å². The van der Waals surface area contributed by atoms with Gasteiger partial charge in [-0.05, 0) is 23.6 Å². The van der Waals surface area contributed by atoms with Crippen LogP contribution in [0, 0.1) is 0 Å². The number of carbonyl (C=O) groups is 1. The molecule has 2 aromatic rings. The Hall–Kier alpha value is -2.09. The van der Waals surface area contributed by atoms with E-state index in [1.54, 1.807) is 0 Å². The monoisotopic (exact) mass is 240 g/mol. The Bertz CT molecular complexity index is 515. The van der Waals surface area contributed by atoms with Crippen LogP contribution in [0.25, 0.3) is 11.1 Å². The Morgan fingerprint density at radius 3 is 2.06 bits per heavy atom. The first-order valence-electron chi connectivity index (χ1n) is 5.99. The van der Waals surface area contributed by atoms with Gasteiger partial charge >= 0.3 is 5.97 Å². The minimum absolute atomic E-state index is 0.202. The van der Waals surface area contributed by atoms with Gasteiger partial charge in [0, 0.05) is 6.92 Å². The number of carbonyl (C=O) groups excluding carboxylic acids is 1. The second-order valence-corrected chi connectivity index (χ2v) is 4.24. The van der Waals surface area contributed by atoms with E-state index in [0.717, 1.165) is 11.1 Å². The fourth-order valence-corrected chi connectivity index (χ4v) is 1.89. The molecule has 0 N–H and O–H groups in total. The third-order valence-electron chi connectivity index (χ3n) is 2.83. The van der Waals surface area contributed by atoms with Gasteiger partial charge in [0.05, 0.1) is 0 Å². The van der Waals surface area contributed by atoms with Crippen molar-refractivity contribution in [1.82, 2.24) is 0 Å². The quantitative estimate of drug-likeness (QED) is 0.758. The van der Waals surface area contributed by atoms with E-state index >= 15 is 0 Å². The number of rotatable bonds is 3. The summed E-state index contributed by atoms with van der Waals surface area (Å²) in [5, 5.41) is 0. The molecule has 18 heavy (non-hydrogen) atoms. The van der Waals surface area contributed by atoms with E-state index in [2.05, 4.69) is 12.1 Å². The molecule has 0 aromatic heterocycles. The van der Waals surface area contributed by atoms with E-state index in [1.807, 2.05) is 49.4 Å². The van der Waals surface area contributed by atoms with Crippen LogP contribution in [0.4, 0.5) is 0 Å². The zero-order chi connectivity index (χ0) is 13.0. The van der Waals surface area contributed by atoms with Crippen molar-refractivity contribution >= 4 is 5.97 Å². The standard InChI is InChI=1S/C16H16O2/c1-12(18-13(2)17)14-8-10-16(11-9-14)15-6-4-3-5-7-15/h3-12H,1-2H3/t12-/m1/s1.